The van der Waals surface area contributed by atoms with E-state index in [1.807, 2.05) is 62.4 Å². The predicted octanol–water partition coefficient (Wildman–Crippen LogP) is 4.76. The molecule has 0 saturated heterocycles. The Morgan fingerprint density at radius 2 is 1.69 bits per heavy atom. The van der Waals surface area contributed by atoms with Crippen molar-refractivity contribution in [3.05, 3.63) is 64.7 Å². The highest BCUT2D eigenvalue weighted by atomic mass is 35.5. The summed E-state index contributed by atoms with van der Waals surface area (Å²) < 4.78 is 0. The van der Waals surface area contributed by atoms with E-state index in [9.17, 15) is 9.59 Å². The van der Waals surface area contributed by atoms with Crippen LogP contribution >= 0.6 is 11.6 Å². The zero-order valence-corrected chi connectivity index (χ0v) is 16.2. The number of nitrogens with one attached hydrogen (secondary N) is 2. The van der Waals surface area contributed by atoms with Crippen LogP contribution in [0, 0.1) is 0 Å². The van der Waals surface area contributed by atoms with Crippen LogP contribution in [-0.4, -0.2) is 23.9 Å². The first-order chi connectivity index (χ1) is 12.3. The number of hydrogen-bond donors (Lipinski definition) is 2. The first kappa shape index (κ1) is 19.8. The maximum atomic E-state index is 12.6. The Bertz CT molecular complexity index is 777. The lowest BCUT2D eigenvalue weighted by Crippen LogP contribution is -2.39. The van der Waals surface area contributed by atoms with E-state index < -0.39 is 0 Å². The second-order valence-electron chi connectivity index (χ2n) is 6.32. The Kier molecular flexibility index (Phi) is 6.64. The number of carbonyl (C=O) groups is 2. The molecule has 5 nitrogen and oxygen atoms in total. The number of hydrogen-bond acceptors (Lipinski definition) is 2. The standard InChI is InChI=1S/C20H24ClN3O2/c1-13(17-6-5-7-19(12-17)23-15(3)25)22-20(26)24(4)14(2)16-8-10-18(21)11-9-16/h5-14H,1-4H3,(H,22,26)(H,23,25)/t13-,14-/m1/s1. The summed E-state index contributed by atoms with van der Waals surface area (Å²) >= 11 is 5.92. The van der Waals surface area contributed by atoms with Crippen LogP contribution in [0.3, 0.4) is 0 Å². The number of halogens is 1. The summed E-state index contributed by atoms with van der Waals surface area (Å²) in [5, 5.41) is 6.40. The van der Waals surface area contributed by atoms with Crippen molar-refractivity contribution in [3.63, 3.8) is 0 Å². The van der Waals surface area contributed by atoms with E-state index in [0.717, 1.165) is 11.1 Å². The Balaban J connectivity index is 2.03. The van der Waals surface area contributed by atoms with Gasteiger partial charge in [0.1, 0.15) is 0 Å². The molecule has 2 atom stereocenters. The molecule has 26 heavy (non-hydrogen) atoms. The van der Waals surface area contributed by atoms with Crippen LogP contribution in [0.2, 0.25) is 5.02 Å². The Morgan fingerprint density at radius 3 is 2.31 bits per heavy atom. The molecule has 0 radical (unpaired) electrons. The molecule has 0 spiro atoms. The Morgan fingerprint density at radius 1 is 1.04 bits per heavy atom. The van der Waals surface area contributed by atoms with E-state index in [-0.39, 0.29) is 24.0 Å². The van der Waals surface area contributed by atoms with Gasteiger partial charge in [0.2, 0.25) is 5.91 Å². The summed E-state index contributed by atoms with van der Waals surface area (Å²) in [7, 11) is 1.76. The molecule has 0 aliphatic carbocycles. The van der Waals surface area contributed by atoms with Gasteiger partial charge >= 0.3 is 6.03 Å². The molecule has 0 fully saturated rings. The summed E-state index contributed by atoms with van der Waals surface area (Å²) in [5.41, 5.74) is 2.63. The van der Waals surface area contributed by atoms with Crippen LogP contribution in [0.5, 0.6) is 0 Å². The van der Waals surface area contributed by atoms with Crippen molar-refractivity contribution >= 4 is 29.2 Å². The Labute approximate surface area is 159 Å². The molecule has 6 heteroatoms. The lowest BCUT2D eigenvalue weighted by atomic mass is 10.1. The average molecular weight is 374 g/mol. The van der Waals surface area contributed by atoms with Crippen LogP contribution in [0.1, 0.15) is 44.0 Å². The molecule has 0 unspecified atom stereocenters. The molecule has 0 aliphatic rings. The van der Waals surface area contributed by atoms with Gasteiger partial charge in [-0.15, -0.1) is 0 Å². The number of benzene rings is 2. The van der Waals surface area contributed by atoms with Crippen molar-refractivity contribution in [2.45, 2.75) is 32.9 Å². The van der Waals surface area contributed by atoms with E-state index in [1.165, 1.54) is 6.92 Å². The summed E-state index contributed by atoms with van der Waals surface area (Å²) in [6.07, 6.45) is 0. The van der Waals surface area contributed by atoms with Gasteiger partial charge in [-0.3, -0.25) is 4.79 Å². The number of anilines is 1. The van der Waals surface area contributed by atoms with Crippen LogP contribution in [0.25, 0.3) is 0 Å². The fourth-order valence-electron chi connectivity index (χ4n) is 2.60. The predicted molar refractivity (Wildman–Crippen MR) is 105 cm³/mol. The van der Waals surface area contributed by atoms with Crippen LogP contribution in [-0.2, 0) is 4.79 Å². The summed E-state index contributed by atoms with van der Waals surface area (Å²) in [5.74, 6) is -0.129. The van der Waals surface area contributed by atoms with Gasteiger partial charge in [0.05, 0.1) is 12.1 Å². The van der Waals surface area contributed by atoms with E-state index in [0.29, 0.717) is 10.7 Å². The zero-order chi connectivity index (χ0) is 19.3. The van der Waals surface area contributed by atoms with Gasteiger partial charge in [0, 0.05) is 24.7 Å². The molecule has 0 saturated carbocycles. The van der Waals surface area contributed by atoms with Crippen LogP contribution in [0.4, 0.5) is 10.5 Å². The van der Waals surface area contributed by atoms with Gasteiger partial charge < -0.3 is 15.5 Å². The highest BCUT2D eigenvalue weighted by molar-refractivity contribution is 6.30. The molecule has 138 valence electrons. The highest BCUT2D eigenvalue weighted by Gasteiger charge is 2.19. The topological polar surface area (TPSA) is 61.4 Å². The normalized spacial score (nSPS) is 12.8. The third-order valence-corrected chi connectivity index (χ3v) is 4.55. The number of rotatable bonds is 5. The molecule has 0 heterocycles. The summed E-state index contributed by atoms with van der Waals surface area (Å²) in [6.45, 7) is 5.33. The van der Waals surface area contributed by atoms with E-state index in [1.54, 1.807) is 11.9 Å². The van der Waals surface area contributed by atoms with E-state index in [4.69, 9.17) is 11.6 Å². The van der Waals surface area contributed by atoms with Gasteiger partial charge in [-0.25, -0.2) is 4.79 Å². The van der Waals surface area contributed by atoms with Gasteiger partial charge in [0.15, 0.2) is 0 Å². The van der Waals surface area contributed by atoms with Crippen molar-refractivity contribution in [1.29, 1.82) is 0 Å². The SMILES string of the molecule is CC(=O)Nc1cccc([C@@H](C)NC(=O)N(C)[C@H](C)c2ccc(Cl)cc2)c1. The number of amides is 3. The minimum atomic E-state index is -0.198. The van der Waals surface area contributed by atoms with Crippen LogP contribution in [0.15, 0.2) is 48.5 Å². The molecule has 3 amide bonds. The fraction of sp³-hybridized carbons (Fsp3) is 0.300. The van der Waals surface area contributed by atoms with E-state index >= 15 is 0 Å². The molecule has 2 N–H and O–H groups in total. The minimum absolute atomic E-state index is 0.0924. The molecule has 0 aromatic heterocycles. The van der Waals surface area contributed by atoms with E-state index in [2.05, 4.69) is 10.6 Å². The first-order valence-corrected chi connectivity index (χ1v) is 8.82. The maximum Gasteiger partial charge on any atom is 0.318 e. The van der Waals surface area contributed by atoms with Crippen molar-refractivity contribution in [2.75, 3.05) is 12.4 Å². The zero-order valence-electron chi connectivity index (χ0n) is 15.4. The molecule has 0 bridgehead atoms. The molecule has 2 aromatic carbocycles. The second-order valence-corrected chi connectivity index (χ2v) is 6.75. The van der Waals surface area contributed by atoms with Gasteiger partial charge in [-0.2, -0.15) is 0 Å². The second kappa shape index (κ2) is 8.72. The molecular weight excluding hydrogens is 350 g/mol. The molecule has 2 aromatic rings. The molecule has 2 rings (SSSR count). The summed E-state index contributed by atoms with van der Waals surface area (Å²) in [4.78, 5) is 25.4. The van der Waals surface area contributed by atoms with Crippen molar-refractivity contribution < 1.29 is 9.59 Å². The largest absolute Gasteiger partial charge is 0.331 e. The minimum Gasteiger partial charge on any atom is -0.331 e. The van der Waals surface area contributed by atoms with Gasteiger partial charge in [-0.1, -0.05) is 35.9 Å². The van der Waals surface area contributed by atoms with Gasteiger partial charge in [-0.05, 0) is 49.2 Å². The first-order valence-electron chi connectivity index (χ1n) is 8.44. The lowest BCUT2D eigenvalue weighted by molar-refractivity contribution is -0.114. The van der Waals surface area contributed by atoms with Crippen molar-refractivity contribution in [1.82, 2.24) is 10.2 Å². The van der Waals surface area contributed by atoms with Gasteiger partial charge in [0.25, 0.3) is 0 Å². The average Bonchev–Trinajstić information content (AvgIpc) is 2.60. The lowest BCUT2D eigenvalue weighted by Gasteiger charge is -2.27. The smallest absolute Gasteiger partial charge is 0.318 e. The van der Waals surface area contributed by atoms with Crippen molar-refractivity contribution in [2.24, 2.45) is 0 Å². The number of carbonyl (C=O) groups excluding carboxylic acids is 2. The monoisotopic (exact) mass is 373 g/mol. The maximum absolute atomic E-state index is 12.6. The fourth-order valence-corrected chi connectivity index (χ4v) is 2.73. The number of urea groups is 1. The van der Waals surface area contributed by atoms with Crippen LogP contribution < -0.4 is 10.6 Å². The highest BCUT2D eigenvalue weighted by Crippen LogP contribution is 2.22. The summed E-state index contributed by atoms with van der Waals surface area (Å²) in [6, 6.07) is 14.4. The molecule has 0 aliphatic heterocycles. The quantitative estimate of drug-likeness (QED) is 0.793. The third kappa shape index (κ3) is 5.23. The number of nitrogens with zero attached hydrogens (tertiary/aromatic N) is 1. The van der Waals surface area contributed by atoms with Crippen molar-refractivity contribution in [3.8, 4) is 0 Å². The molecular formula is C20H24ClN3O2. The Hall–Kier alpha value is -2.53. The third-order valence-electron chi connectivity index (χ3n) is 4.30.